The first-order valence-corrected chi connectivity index (χ1v) is 14.2. The molecule has 0 saturated carbocycles. The number of thiocarbonyl (C=S) groups is 1. The molecule has 218 valence electrons. The van der Waals surface area contributed by atoms with E-state index in [0.29, 0.717) is 22.2 Å². The minimum Gasteiger partial charge on any atom is -0.457 e. The molecule has 5 aromatic rings. The summed E-state index contributed by atoms with van der Waals surface area (Å²) in [4.78, 5) is 6.61. The molecule has 2 atom stereocenters. The molecule has 3 heterocycles. The van der Waals surface area contributed by atoms with E-state index in [1.54, 1.807) is 16.8 Å². The fourth-order valence-electron chi connectivity index (χ4n) is 5.73. The van der Waals surface area contributed by atoms with Crippen molar-refractivity contribution in [3.8, 4) is 17.2 Å². The number of benzene rings is 3. The number of para-hydroxylation sites is 1. The normalized spacial score (nSPS) is 16.8. The van der Waals surface area contributed by atoms with Crippen molar-refractivity contribution in [1.29, 1.82) is 0 Å². The minimum atomic E-state index is -4.50. The Balaban J connectivity index is 1.43. The highest BCUT2D eigenvalue weighted by atomic mass is 32.1. The lowest BCUT2D eigenvalue weighted by molar-refractivity contribution is -0.137. The van der Waals surface area contributed by atoms with Gasteiger partial charge in [-0.1, -0.05) is 35.9 Å². The monoisotopic (exact) mass is 598 g/mol. The molecular weight excluding hydrogens is 569 g/mol. The minimum absolute atomic E-state index is 0.0864. The number of nitrogens with one attached hydrogen (secondary N) is 1. The predicted molar refractivity (Wildman–Crippen MR) is 166 cm³/mol. The number of ether oxygens (including phenoxy) is 1. The Labute approximate surface area is 253 Å². The van der Waals surface area contributed by atoms with Gasteiger partial charge in [0.25, 0.3) is 0 Å². The SMILES string of the molecule is Cc1ccc(Oc2ccc(N3C(=S)NC(c4ccccn4)C3c3cc(C)n(-c4ccccc4C(F)(F)F)c3C)cc2)cc1. The van der Waals surface area contributed by atoms with Gasteiger partial charge in [-0.15, -0.1) is 0 Å². The summed E-state index contributed by atoms with van der Waals surface area (Å²) in [6.45, 7) is 5.69. The molecule has 3 aromatic carbocycles. The summed E-state index contributed by atoms with van der Waals surface area (Å²) >= 11 is 5.87. The molecule has 1 fully saturated rings. The van der Waals surface area contributed by atoms with Gasteiger partial charge in [-0.2, -0.15) is 13.2 Å². The van der Waals surface area contributed by atoms with E-state index in [0.717, 1.165) is 34.3 Å². The van der Waals surface area contributed by atoms with Crippen molar-refractivity contribution in [2.45, 2.75) is 39.0 Å². The number of hydrogen-bond donors (Lipinski definition) is 1. The van der Waals surface area contributed by atoms with Crippen molar-refractivity contribution in [1.82, 2.24) is 14.9 Å². The van der Waals surface area contributed by atoms with Gasteiger partial charge in [0.1, 0.15) is 11.5 Å². The summed E-state index contributed by atoms with van der Waals surface area (Å²) in [6, 6.07) is 28.0. The van der Waals surface area contributed by atoms with Gasteiger partial charge in [-0.25, -0.2) is 0 Å². The molecule has 0 bridgehead atoms. The molecule has 0 radical (unpaired) electrons. The van der Waals surface area contributed by atoms with Gasteiger partial charge in [0.2, 0.25) is 0 Å². The van der Waals surface area contributed by atoms with Crippen LogP contribution in [-0.2, 0) is 6.18 Å². The highest BCUT2D eigenvalue weighted by Gasteiger charge is 2.43. The molecule has 43 heavy (non-hydrogen) atoms. The molecule has 0 spiro atoms. The van der Waals surface area contributed by atoms with Crippen molar-refractivity contribution < 1.29 is 17.9 Å². The first-order valence-electron chi connectivity index (χ1n) is 13.8. The lowest BCUT2D eigenvalue weighted by atomic mass is 9.96. The Morgan fingerprint density at radius 2 is 1.49 bits per heavy atom. The summed E-state index contributed by atoms with van der Waals surface area (Å²) in [6.07, 6.45) is -2.78. The third-order valence-corrected chi connectivity index (χ3v) is 8.02. The first kappa shape index (κ1) is 28.5. The first-order chi connectivity index (χ1) is 20.6. The standard InChI is InChI=1S/C34H29F3N4OS/c1-21-11-15-25(16-12-21)42-26-17-13-24(14-18-26)41-32(31(39-33(41)43)29-9-6-7-19-38-29)27-20-22(2)40(23(27)3)30-10-5-4-8-28(30)34(35,36)37/h4-20,31-32H,1-3H3,(H,39,43). The Morgan fingerprint density at radius 3 is 2.14 bits per heavy atom. The van der Waals surface area contributed by atoms with Crippen molar-refractivity contribution in [2.75, 3.05) is 4.90 Å². The zero-order chi connectivity index (χ0) is 30.3. The molecule has 2 unspecified atom stereocenters. The molecule has 0 amide bonds. The molecular formula is C34H29F3N4OS. The lowest BCUT2D eigenvalue weighted by Gasteiger charge is -2.28. The van der Waals surface area contributed by atoms with E-state index in [1.807, 2.05) is 98.5 Å². The van der Waals surface area contributed by atoms with E-state index >= 15 is 0 Å². The highest BCUT2D eigenvalue weighted by molar-refractivity contribution is 7.80. The Hall–Kier alpha value is -4.63. The van der Waals surface area contributed by atoms with Crippen molar-refractivity contribution >= 4 is 23.0 Å². The average molecular weight is 599 g/mol. The number of rotatable bonds is 6. The Morgan fingerprint density at radius 1 is 0.837 bits per heavy atom. The number of halogens is 3. The largest absolute Gasteiger partial charge is 0.457 e. The molecule has 2 aromatic heterocycles. The third-order valence-electron chi connectivity index (χ3n) is 7.71. The predicted octanol–water partition coefficient (Wildman–Crippen LogP) is 8.79. The van der Waals surface area contributed by atoms with Crippen LogP contribution in [0.3, 0.4) is 0 Å². The quantitative estimate of drug-likeness (QED) is 0.198. The summed E-state index contributed by atoms with van der Waals surface area (Å²) in [5.41, 5.74) is 4.35. The van der Waals surface area contributed by atoms with Gasteiger partial charge >= 0.3 is 6.18 Å². The number of hydrogen-bond acceptors (Lipinski definition) is 3. The second-order valence-electron chi connectivity index (χ2n) is 10.6. The van der Waals surface area contributed by atoms with Crippen LogP contribution >= 0.6 is 12.2 Å². The topological polar surface area (TPSA) is 42.3 Å². The van der Waals surface area contributed by atoms with Gasteiger partial charge in [0, 0.05) is 23.3 Å². The number of alkyl halides is 3. The van der Waals surface area contributed by atoms with Gasteiger partial charge in [-0.05, 0) is 105 Å². The fourth-order valence-corrected chi connectivity index (χ4v) is 6.08. The van der Waals surface area contributed by atoms with Crippen LogP contribution < -0.4 is 15.0 Å². The number of anilines is 1. The molecule has 1 aliphatic heterocycles. The molecule has 1 saturated heterocycles. The molecule has 0 aliphatic carbocycles. The van der Waals surface area contributed by atoms with Gasteiger partial charge in [0.05, 0.1) is 29.0 Å². The second kappa shape index (κ2) is 11.2. The van der Waals surface area contributed by atoms with Crippen molar-refractivity contribution in [2.24, 2.45) is 0 Å². The third kappa shape index (κ3) is 5.48. The lowest BCUT2D eigenvalue weighted by Crippen LogP contribution is -2.29. The van der Waals surface area contributed by atoms with Crippen molar-refractivity contribution in [3.05, 3.63) is 137 Å². The van der Waals surface area contributed by atoms with E-state index < -0.39 is 11.7 Å². The molecule has 9 heteroatoms. The van der Waals surface area contributed by atoms with Gasteiger partial charge < -0.3 is 19.5 Å². The smallest absolute Gasteiger partial charge is 0.418 e. The Kier molecular flexibility index (Phi) is 7.43. The molecule has 1 aliphatic rings. The number of aromatic nitrogens is 2. The van der Waals surface area contributed by atoms with Crippen LogP contribution in [0.25, 0.3) is 5.69 Å². The molecule has 1 N–H and O–H groups in total. The van der Waals surface area contributed by atoms with Crippen LogP contribution in [0.5, 0.6) is 11.5 Å². The van der Waals surface area contributed by atoms with Crippen molar-refractivity contribution in [3.63, 3.8) is 0 Å². The van der Waals surface area contributed by atoms with Gasteiger partial charge in [0.15, 0.2) is 5.11 Å². The summed E-state index contributed by atoms with van der Waals surface area (Å²) in [5, 5.41) is 3.93. The number of aryl methyl sites for hydroxylation is 2. The van der Waals surface area contributed by atoms with E-state index in [-0.39, 0.29) is 17.8 Å². The number of pyridine rings is 1. The zero-order valence-electron chi connectivity index (χ0n) is 23.8. The maximum atomic E-state index is 14.0. The maximum Gasteiger partial charge on any atom is 0.418 e. The second-order valence-corrected chi connectivity index (χ2v) is 11.0. The van der Waals surface area contributed by atoms with Crippen LogP contribution in [0.2, 0.25) is 0 Å². The van der Waals surface area contributed by atoms with Gasteiger partial charge in [-0.3, -0.25) is 4.98 Å². The van der Waals surface area contributed by atoms with Crippen LogP contribution in [0, 0.1) is 20.8 Å². The number of nitrogens with zero attached hydrogens (tertiary/aromatic N) is 3. The summed E-state index contributed by atoms with van der Waals surface area (Å²) < 4.78 is 49.8. The highest BCUT2D eigenvalue weighted by Crippen LogP contribution is 2.45. The van der Waals surface area contributed by atoms with E-state index in [1.165, 1.54) is 12.1 Å². The van der Waals surface area contributed by atoms with Crippen LogP contribution in [0.4, 0.5) is 18.9 Å². The maximum absolute atomic E-state index is 14.0. The van der Waals surface area contributed by atoms with E-state index in [4.69, 9.17) is 17.0 Å². The Bertz CT molecular complexity index is 1770. The summed E-state index contributed by atoms with van der Waals surface area (Å²) in [5.74, 6) is 1.40. The van der Waals surface area contributed by atoms with E-state index in [2.05, 4.69) is 10.3 Å². The van der Waals surface area contributed by atoms with E-state index in [9.17, 15) is 13.2 Å². The molecule has 5 nitrogen and oxygen atoms in total. The average Bonchev–Trinajstić information content (AvgIpc) is 3.49. The summed E-state index contributed by atoms with van der Waals surface area (Å²) in [7, 11) is 0. The van der Waals surface area contributed by atoms with Crippen LogP contribution in [0.15, 0.2) is 103 Å². The fraction of sp³-hybridized carbons (Fsp3) is 0.176. The zero-order valence-corrected chi connectivity index (χ0v) is 24.6. The van der Waals surface area contributed by atoms with Crippen LogP contribution in [-0.4, -0.2) is 14.7 Å². The molecule has 6 rings (SSSR count). The van der Waals surface area contributed by atoms with Crippen LogP contribution in [0.1, 0.15) is 45.9 Å².